The highest BCUT2D eigenvalue weighted by Gasteiger charge is 2.23. The SMILES string of the molecule is O=C(NCC1CCN(c2ccc(Cl)cc2)C1)c1ccc2c(c1)OCO2. The molecule has 2 aromatic rings. The lowest BCUT2D eigenvalue weighted by molar-refractivity contribution is 0.0948. The Morgan fingerprint density at radius 1 is 1.16 bits per heavy atom. The molecule has 1 saturated heterocycles. The van der Waals surface area contributed by atoms with E-state index in [0.717, 1.165) is 24.5 Å². The molecule has 1 atom stereocenters. The van der Waals surface area contributed by atoms with Gasteiger partial charge in [0.15, 0.2) is 11.5 Å². The maximum absolute atomic E-state index is 12.4. The van der Waals surface area contributed by atoms with Crippen molar-refractivity contribution in [3.05, 3.63) is 53.1 Å². The smallest absolute Gasteiger partial charge is 0.251 e. The predicted molar refractivity (Wildman–Crippen MR) is 96.7 cm³/mol. The minimum Gasteiger partial charge on any atom is -0.454 e. The van der Waals surface area contributed by atoms with Crippen LogP contribution in [-0.4, -0.2) is 32.3 Å². The molecule has 0 bridgehead atoms. The Labute approximate surface area is 151 Å². The highest BCUT2D eigenvalue weighted by atomic mass is 35.5. The summed E-state index contributed by atoms with van der Waals surface area (Å²) >= 11 is 5.94. The van der Waals surface area contributed by atoms with Gasteiger partial charge in [-0.3, -0.25) is 4.79 Å². The number of hydrogen-bond acceptors (Lipinski definition) is 4. The van der Waals surface area contributed by atoms with E-state index in [9.17, 15) is 4.79 Å². The summed E-state index contributed by atoms with van der Waals surface area (Å²) in [6, 6.07) is 13.2. The number of anilines is 1. The van der Waals surface area contributed by atoms with E-state index in [1.54, 1.807) is 18.2 Å². The topological polar surface area (TPSA) is 50.8 Å². The lowest BCUT2D eigenvalue weighted by Crippen LogP contribution is -2.31. The molecule has 1 amide bonds. The number of carbonyl (C=O) groups excluding carboxylic acids is 1. The fourth-order valence-electron chi connectivity index (χ4n) is 3.26. The van der Waals surface area contributed by atoms with Gasteiger partial charge in [-0.25, -0.2) is 0 Å². The van der Waals surface area contributed by atoms with Gasteiger partial charge in [0.25, 0.3) is 5.91 Å². The van der Waals surface area contributed by atoms with Crippen molar-refractivity contribution in [3.63, 3.8) is 0 Å². The van der Waals surface area contributed by atoms with Crippen molar-refractivity contribution in [3.8, 4) is 11.5 Å². The third-order valence-corrected chi connectivity index (χ3v) is 4.92. The number of fused-ring (bicyclic) bond motifs is 1. The Bertz CT molecular complexity index is 779. The van der Waals surface area contributed by atoms with Crippen molar-refractivity contribution in [2.75, 3.05) is 31.3 Å². The summed E-state index contributed by atoms with van der Waals surface area (Å²) in [6.07, 6.45) is 1.06. The van der Waals surface area contributed by atoms with Gasteiger partial charge in [-0.2, -0.15) is 0 Å². The lowest BCUT2D eigenvalue weighted by Gasteiger charge is -2.19. The Kier molecular flexibility index (Phi) is 4.40. The largest absolute Gasteiger partial charge is 0.454 e. The zero-order valence-corrected chi connectivity index (χ0v) is 14.5. The number of rotatable bonds is 4. The Morgan fingerprint density at radius 3 is 2.80 bits per heavy atom. The van der Waals surface area contributed by atoms with Gasteiger partial charge in [-0.15, -0.1) is 0 Å². The first-order valence-electron chi connectivity index (χ1n) is 8.37. The van der Waals surface area contributed by atoms with Crippen LogP contribution in [0.3, 0.4) is 0 Å². The summed E-state index contributed by atoms with van der Waals surface area (Å²) in [7, 11) is 0. The maximum atomic E-state index is 12.4. The molecule has 6 heteroatoms. The molecule has 2 aromatic carbocycles. The zero-order chi connectivity index (χ0) is 17.2. The zero-order valence-electron chi connectivity index (χ0n) is 13.7. The van der Waals surface area contributed by atoms with Crippen LogP contribution in [0, 0.1) is 5.92 Å². The Balaban J connectivity index is 1.31. The molecule has 5 nitrogen and oxygen atoms in total. The van der Waals surface area contributed by atoms with Crippen molar-refractivity contribution in [2.24, 2.45) is 5.92 Å². The van der Waals surface area contributed by atoms with E-state index in [0.29, 0.717) is 29.5 Å². The number of nitrogens with zero attached hydrogens (tertiary/aromatic N) is 1. The first kappa shape index (κ1) is 16.1. The molecule has 2 aliphatic heterocycles. The molecule has 0 spiro atoms. The fraction of sp³-hybridized carbons (Fsp3) is 0.316. The van der Waals surface area contributed by atoms with E-state index in [2.05, 4.69) is 10.2 Å². The monoisotopic (exact) mass is 358 g/mol. The van der Waals surface area contributed by atoms with Gasteiger partial charge in [0.1, 0.15) is 0 Å². The molecule has 2 heterocycles. The molecule has 0 saturated carbocycles. The molecule has 2 aliphatic rings. The summed E-state index contributed by atoms with van der Waals surface area (Å²) < 4.78 is 10.6. The first-order valence-corrected chi connectivity index (χ1v) is 8.75. The van der Waals surface area contributed by atoms with E-state index >= 15 is 0 Å². The van der Waals surface area contributed by atoms with Crippen molar-refractivity contribution in [2.45, 2.75) is 6.42 Å². The van der Waals surface area contributed by atoms with Gasteiger partial charge in [-0.05, 0) is 54.8 Å². The number of hydrogen-bond donors (Lipinski definition) is 1. The molecule has 0 radical (unpaired) electrons. The second-order valence-corrected chi connectivity index (χ2v) is 6.79. The van der Waals surface area contributed by atoms with Gasteiger partial charge < -0.3 is 19.7 Å². The van der Waals surface area contributed by atoms with Crippen molar-refractivity contribution in [1.29, 1.82) is 0 Å². The molecular formula is C19H19ClN2O3. The fourth-order valence-corrected chi connectivity index (χ4v) is 3.39. The first-order chi connectivity index (χ1) is 12.2. The number of nitrogens with one attached hydrogen (secondary N) is 1. The molecule has 4 rings (SSSR count). The van der Waals surface area contributed by atoms with Gasteiger partial charge in [0, 0.05) is 35.9 Å². The van der Waals surface area contributed by atoms with Crippen LogP contribution in [-0.2, 0) is 0 Å². The Morgan fingerprint density at radius 2 is 1.96 bits per heavy atom. The van der Waals surface area contributed by atoms with Crippen LogP contribution in [0.25, 0.3) is 0 Å². The van der Waals surface area contributed by atoms with Crippen LogP contribution < -0.4 is 19.7 Å². The molecule has 25 heavy (non-hydrogen) atoms. The van der Waals surface area contributed by atoms with Crippen LogP contribution in [0.15, 0.2) is 42.5 Å². The number of halogens is 1. The number of amides is 1. The van der Waals surface area contributed by atoms with Gasteiger partial charge >= 0.3 is 0 Å². The lowest BCUT2D eigenvalue weighted by atomic mass is 10.1. The van der Waals surface area contributed by atoms with Crippen LogP contribution in [0.4, 0.5) is 5.69 Å². The van der Waals surface area contributed by atoms with Gasteiger partial charge in [0.2, 0.25) is 6.79 Å². The highest BCUT2D eigenvalue weighted by molar-refractivity contribution is 6.30. The molecule has 1 fully saturated rings. The molecular weight excluding hydrogens is 340 g/mol. The normalized spacial score (nSPS) is 18.4. The molecule has 0 aromatic heterocycles. The van der Waals surface area contributed by atoms with Crippen molar-refractivity contribution in [1.82, 2.24) is 5.32 Å². The third-order valence-electron chi connectivity index (χ3n) is 4.66. The van der Waals surface area contributed by atoms with Crippen molar-refractivity contribution < 1.29 is 14.3 Å². The number of carbonyl (C=O) groups is 1. The predicted octanol–water partition coefficient (Wildman–Crippen LogP) is 3.33. The summed E-state index contributed by atoms with van der Waals surface area (Å²) in [5.74, 6) is 1.67. The standard InChI is InChI=1S/C19H19ClN2O3/c20-15-2-4-16(5-3-15)22-8-7-13(11-22)10-21-19(23)14-1-6-17-18(9-14)25-12-24-17/h1-6,9,13H,7-8,10-12H2,(H,21,23). The average molecular weight is 359 g/mol. The average Bonchev–Trinajstić information content (AvgIpc) is 3.29. The summed E-state index contributed by atoms with van der Waals surface area (Å²) in [6.45, 7) is 2.80. The summed E-state index contributed by atoms with van der Waals surface area (Å²) in [5, 5.41) is 3.78. The van der Waals surface area contributed by atoms with E-state index in [1.165, 1.54) is 5.69 Å². The molecule has 0 aliphatic carbocycles. The Hall–Kier alpha value is -2.40. The van der Waals surface area contributed by atoms with Crippen LogP contribution in [0.1, 0.15) is 16.8 Å². The van der Waals surface area contributed by atoms with Crippen LogP contribution in [0.2, 0.25) is 5.02 Å². The second kappa shape index (κ2) is 6.84. The van der Waals surface area contributed by atoms with E-state index in [-0.39, 0.29) is 12.7 Å². The number of benzene rings is 2. The van der Waals surface area contributed by atoms with E-state index in [1.807, 2.05) is 24.3 Å². The molecule has 1 unspecified atom stereocenters. The van der Waals surface area contributed by atoms with Gasteiger partial charge in [0.05, 0.1) is 0 Å². The minimum absolute atomic E-state index is 0.0803. The molecule has 130 valence electrons. The summed E-state index contributed by atoms with van der Waals surface area (Å²) in [5.41, 5.74) is 1.77. The van der Waals surface area contributed by atoms with Crippen molar-refractivity contribution >= 4 is 23.2 Å². The highest BCUT2D eigenvalue weighted by Crippen LogP contribution is 2.32. The maximum Gasteiger partial charge on any atom is 0.251 e. The second-order valence-electron chi connectivity index (χ2n) is 6.36. The summed E-state index contributed by atoms with van der Waals surface area (Å²) in [4.78, 5) is 14.7. The van der Waals surface area contributed by atoms with E-state index in [4.69, 9.17) is 21.1 Å². The third kappa shape index (κ3) is 3.51. The minimum atomic E-state index is -0.0803. The van der Waals surface area contributed by atoms with Crippen LogP contribution in [0.5, 0.6) is 11.5 Å². The van der Waals surface area contributed by atoms with Crippen LogP contribution >= 0.6 is 11.6 Å². The molecule has 1 N–H and O–H groups in total. The van der Waals surface area contributed by atoms with E-state index < -0.39 is 0 Å². The quantitative estimate of drug-likeness (QED) is 0.910. The number of ether oxygens (including phenoxy) is 2. The van der Waals surface area contributed by atoms with Gasteiger partial charge in [-0.1, -0.05) is 11.6 Å².